The maximum atomic E-state index is 11.9. The zero-order valence-electron chi connectivity index (χ0n) is 11.2. The molecule has 0 aliphatic carbocycles. The second-order valence-electron chi connectivity index (χ2n) is 3.90. The molecule has 0 aromatic heterocycles. The Morgan fingerprint density at radius 1 is 1.42 bits per heavy atom. The maximum Gasteiger partial charge on any atom is 0.328 e. The molecule has 1 aromatic rings. The summed E-state index contributed by atoms with van der Waals surface area (Å²) in [4.78, 5) is 23.1. The first-order valence-electron chi connectivity index (χ1n) is 5.90. The molecular weight excluding hydrogens is 248 g/mol. The van der Waals surface area contributed by atoms with Crippen LogP contribution in [0.3, 0.4) is 0 Å². The third-order valence-corrected chi connectivity index (χ3v) is 2.47. The van der Waals surface area contributed by atoms with Gasteiger partial charge in [0, 0.05) is 5.56 Å². The summed E-state index contributed by atoms with van der Waals surface area (Å²) in [5.41, 5.74) is 6.50. The van der Waals surface area contributed by atoms with Gasteiger partial charge in [0.15, 0.2) is 0 Å². The smallest absolute Gasteiger partial charge is 0.328 e. The van der Waals surface area contributed by atoms with Crippen molar-refractivity contribution >= 4 is 17.6 Å². The Bertz CT molecular complexity index is 474. The molecule has 0 fully saturated rings. The van der Waals surface area contributed by atoms with Crippen molar-refractivity contribution in [3.63, 3.8) is 0 Å². The number of amides is 1. The van der Waals surface area contributed by atoms with Crippen LogP contribution >= 0.6 is 0 Å². The fraction of sp³-hybridized carbons (Fsp3) is 0.385. The molecule has 3 N–H and O–H groups in total. The number of hydrogen-bond donors (Lipinski definition) is 2. The molecule has 1 amide bonds. The van der Waals surface area contributed by atoms with Crippen molar-refractivity contribution in [1.29, 1.82) is 0 Å². The Hall–Kier alpha value is -2.24. The van der Waals surface area contributed by atoms with E-state index in [0.29, 0.717) is 23.6 Å². The van der Waals surface area contributed by atoms with Gasteiger partial charge in [-0.3, -0.25) is 4.79 Å². The second-order valence-corrected chi connectivity index (χ2v) is 3.90. The van der Waals surface area contributed by atoms with Crippen LogP contribution in [0, 0.1) is 0 Å². The van der Waals surface area contributed by atoms with E-state index in [0.717, 1.165) is 0 Å². The summed E-state index contributed by atoms with van der Waals surface area (Å²) in [6.07, 6.45) is 0. The van der Waals surface area contributed by atoms with E-state index < -0.39 is 17.9 Å². The van der Waals surface area contributed by atoms with Gasteiger partial charge in [0.05, 0.1) is 19.4 Å². The number of nitrogens with two attached hydrogens (primary N) is 1. The lowest BCUT2D eigenvalue weighted by molar-refractivity contribution is -0.142. The van der Waals surface area contributed by atoms with Crippen molar-refractivity contribution in [2.24, 2.45) is 0 Å². The molecule has 0 radical (unpaired) electrons. The summed E-state index contributed by atoms with van der Waals surface area (Å²) in [6, 6.07) is 3.99. The third kappa shape index (κ3) is 3.87. The van der Waals surface area contributed by atoms with Crippen LogP contribution in [0.4, 0.5) is 5.69 Å². The molecule has 1 unspecified atom stereocenters. The van der Waals surface area contributed by atoms with E-state index in [1.54, 1.807) is 19.1 Å². The van der Waals surface area contributed by atoms with Gasteiger partial charge in [-0.2, -0.15) is 0 Å². The van der Waals surface area contributed by atoms with Gasteiger partial charge in [0.1, 0.15) is 11.8 Å². The van der Waals surface area contributed by atoms with Crippen molar-refractivity contribution < 1.29 is 19.1 Å². The van der Waals surface area contributed by atoms with Crippen LogP contribution < -0.4 is 15.8 Å². The number of benzene rings is 1. The van der Waals surface area contributed by atoms with E-state index in [-0.39, 0.29) is 0 Å². The lowest BCUT2D eigenvalue weighted by Gasteiger charge is -2.12. The molecule has 0 saturated heterocycles. The average Bonchev–Trinajstić information content (AvgIpc) is 2.40. The minimum absolute atomic E-state index is 0.358. The molecule has 6 nitrogen and oxygen atoms in total. The predicted molar refractivity (Wildman–Crippen MR) is 71.0 cm³/mol. The number of ether oxygens (including phenoxy) is 2. The summed E-state index contributed by atoms with van der Waals surface area (Å²) in [7, 11) is 1.26. The molecule has 0 bridgehead atoms. The Balaban J connectivity index is 2.78. The van der Waals surface area contributed by atoms with Crippen molar-refractivity contribution in [1.82, 2.24) is 5.32 Å². The number of nitrogen functional groups attached to an aromatic ring is 1. The second kappa shape index (κ2) is 6.63. The molecule has 0 aliphatic rings. The highest BCUT2D eigenvalue weighted by molar-refractivity contribution is 5.97. The number of rotatable bonds is 5. The molecule has 1 aromatic carbocycles. The van der Waals surface area contributed by atoms with E-state index in [2.05, 4.69) is 10.1 Å². The van der Waals surface area contributed by atoms with Gasteiger partial charge in [-0.25, -0.2) is 4.79 Å². The summed E-state index contributed by atoms with van der Waals surface area (Å²) < 4.78 is 9.80. The van der Waals surface area contributed by atoms with E-state index in [4.69, 9.17) is 10.5 Å². The largest absolute Gasteiger partial charge is 0.492 e. The van der Waals surface area contributed by atoms with Crippen LogP contribution in [0.25, 0.3) is 0 Å². The van der Waals surface area contributed by atoms with E-state index >= 15 is 0 Å². The Labute approximate surface area is 111 Å². The van der Waals surface area contributed by atoms with Crippen LogP contribution in [0.2, 0.25) is 0 Å². The van der Waals surface area contributed by atoms with Crippen LogP contribution in [0.15, 0.2) is 18.2 Å². The minimum Gasteiger partial charge on any atom is -0.492 e. The molecular formula is C13H18N2O4. The highest BCUT2D eigenvalue weighted by atomic mass is 16.5. The summed E-state index contributed by atoms with van der Waals surface area (Å²) in [5, 5.41) is 2.52. The van der Waals surface area contributed by atoms with Gasteiger partial charge >= 0.3 is 5.97 Å². The van der Waals surface area contributed by atoms with E-state index in [9.17, 15) is 9.59 Å². The topological polar surface area (TPSA) is 90.6 Å². The average molecular weight is 266 g/mol. The summed E-state index contributed by atoms with van der Waals surface area (Å²) >= 11 is 0. The molecule has 1 rings (SSSR count). The first-order chi connectivity index (χ1) is 8.99. The first kappa shape index (κ1) is 14.8. The normalized spacial score (nSPS) is 11.5. The van der Waals surface area contributed by atoms with Crippen molar-refractivity contribution in [2.45, 2.75) is 19.9 Å². The van der Waals surface area contributed by atoms with E-state index in [1.165, 1.54) is 13.2 Å². The van der Waals surface area contributed by atoms with Crippen LogP contribution in [0.1, 0.15) is 24.2 Å². The van der Waals surface area contributed by atoms with E-state index in [1.807, 2.05) is 6.92 Å². The number of carbonyl (C=O) groups excluding carboxylic acids is 2. The minimum atomic E-state index is -0.717. The van der Waals surface area contributed by atoms with Gasteiger partial charge in [-0.05, 0) is 32.0 Å². The van der Waals surface area contributed by atoms with Crippen molar-refractivity contribution in [2.75, 3.05) is 19.5 Å². The van der Waals surface area contributed by atoms with Crippen molar-refractivity contribution in [3.05, 3.63) is 23.8 Å². The monoisotopic (exact) mass is 266 g/mol. The fourth-order valence-corrected chi connectivity index (χ4v) is 1.49. The molecule has 0 aliphatic heterocycles. The molecule has 6 heteroatoms. The van der Waals surface area contributed by atoms with Crippen LogP contribution in [-0.4, -0.2) is 31.6 Å². The number of methoxy groups -OCH3 is 1. The Kier molecular flexibility index (Phi) is 5.17. The number of nitrogens with one attached hydrogen (secondary N) is 1. The zero-order valence-corrected chi connectivity index (χ0v) is 11.2. The van der Waals surface area contributed by atoms with Gasteiger partial charge in [-0.15, -0.1) is 0 Å². The van der Waals surface area contributed by atoms with Gasteiger partial charge in [-0.1, -0.05) is 0 Å². The van der Waals surface area contributed by atoms with Gasteiger partial charge < -0.3 is 20.5 Å². The number of anilines is 1. The quantitative estimate of drug-likeness (QED) is 0.612. The highest BCUT2D eigenvalue weighted by Gasteiger charge is 2.17. The molecule has 1 atom stereocenters. The SMILES string of the molecule is CCOc1ccc(C(=O)NC(C)C(=O)OC)cc1N. The lowest BCUT2D eigenvalue weighted by Crippen LogP contribution is -2.39. The first-order valence-corrected chi connectivity index (χ1v) is 5.90. The fourth-order valence-electron chi connectivity index (χ4n) is 1.49. The number of esters is 1. The standard InChI is InChI=1S/C13H18N2O4/c1-4-19-11-6-5-9(7-10(11)14)12(16)15-8(2)13(17)18-3/h5-8H,4,14H2,1-3H3,(H,15,16). The third-order valence-electron chi connectivity index (χ3n) is 2.47. The number of carbonyl (C=O) groups is 2. The molecule has 19 heavy (non-hydrogen) atoms. The number of hydrogen-bond acceptors (Lipinski definition) is 5. The van der Waals surface area contributed by atoms with Gasteiger partial charge in [0.2, 0.25) is 0 Å². The Morgan fingerprint density at radius 3 is 2.63 bits per heavy atom. The lowest BCUT2D eigenvalue weighted by atomic mass is 10.1. The Morgan fingerprint density at radius 2 is 2.11 bits per heavy atom. The van der Waals surface area contributed by atoms with Crippen LogP contribution in [-0.2, 0) is 9.53 Å². The molecule has 0 saturated carbocycles. The zero-order chi connectivity index (χ0) is 14.4. The predicted octanol–water partition coefficient (Wildman–Crippen LogP) is 0.959. The maximum absolute atomic E-state index is 11.9. The summed E-state index contributed by atoms with van der Waals surface area (Å²) in [5.74, 6) is -0.375. The van der Waals surface area contributed by atoms with Crippen LogP contribution in [0.5, 0.6) is 5.75 Å². The highest BCUT2D eigenvalue weighted by Crippen LogP contribution is 2.22. The summed E-state index contributed by atoms with van der Waals surface area (Å²) in [6.45, 7) is 3.88. The van der Waals surface area contributed by atoms with Crippen molar-refractivity contribution in [3.8, 4) is 5.75 Å². The molecule has 0 heterocycles. The van der Waals surface area contributed by atoms with Gasteiger partial charge in [0.25, 0.3) is 5.91 Å². The molecule has 0 spiro atoms. The molecule has 104 valence electrons.